The quantitative estimate of drug-likeness (QED) is 0.0235. The first-order valence-corrected chi connectivity index (χ1v) is 26.2. The maximum atomic E-state index is 14.7. The number of para-hydroxylation sites is 1. The number of alkyl halides is 1. The number of ether oxygens (including phenoxy) is 2. The summed E-state index contributed by atoms with van der Waals surface area (Å²) in [5.74, 6) is -1.89. The van der Waals surface area contributed by atoms with E-state index in [0.29, 0.717) is 79.6 Å². The van der Waals surface area contributed by atoms with Crippen LogP contribution >= 0.6 is 0 Å². The second kappa shape index (κ2) is 25.5. The Morgan fingerprint density at radius 1 is 0.813 bits per heavy atom. The lowest BCUT2D eigenvalue weighted by atomic mass is 9.78. The largest absolute Gasteiger partial charge is 0.494 e. The van der Waals surface area contributed by atoms with Crippen LogP contribution in [0.3, 0.4) is 0 Å². The first-order chi connectivity index (χ1) is 36.3. The number of benzene rings is 5. The van der Waals surface area contributed by atoms with Crippen LogP contribution in [0.4, 0.5) is 24.5 Å². The Hall–Kier alpha value is -7.03. The molecule has 394 valence electrons. The van der Waals surface area contributed by atoms with E-state index in [2.05, 4.69) is 9.88 Å². The molecule has 2 fully saturated rings. The number of anilines is 2. The van der Waals surface area contributed by atoms with Crippen LogP contribution in [0.25, 0.3) is 11.1 Å². The molecule has 1 saturated heterocycles. The molecule has 0 spiro atoms. The fourth-order valence-electron chi connectivity index (χ4n) is 10.8. The fraction of sp³-hybridized carbons (Fsp3) is 0.377. The molecule has 1 aliphatic carbocycles. The number of aliphatic hydroxyl groups is 2. The van der Waals surface area contributed by atoms with Gasteiger partial charge in [-0.3, -0.25) is 14.4 Å². The van der Waals surface area contributed by atoms with E-state index in [0.717, 1.165) is 28.1 Å². The predicted molar refractivity (Wildman–Crippen MR) is 282 cm³/mol. The standard InChI is InChI=1S/C61H66F3N3O8/c1-39(2)57-56(60(72)65-47-12-7-4-8-13-47)55(41-10-5-3-6-11-41)59(43-17-23-45(63)24-18-43)66(57)35-33-49(69)38-51(34-36-68)75-54(71)14-9-37-74-50-29-19-42(20-30-50)58-52(31-32-53(70)40-15-21-44(62)22-16-40)61(73)67(58)48-27-25-46(64)26-28-48/h3-8,10-13,15-16,19-22,25-30,36,39,43,45,49,51-53,58,69-70H,9,14,17-18,23-24,31-35,37-38H2,1-2H3,(H,65,72)/t43?,45?,49?,51?,52?,53-,58+/m0/s1. The smallest absolute Gasteiger partial charge is 0.306 e. The van der Waals surface area contributed by atoms with E-state index in [1.54, 1.807) is 29.2 Å². The van der Waals surface area contributed by atoms with Crippen LogP contribution in [0.1, 0.15) is 141 Å². The zero-order valence-corrected chi connectivity index (χ0v) is 42.5. The van der Waals surface area contributed by atoms with Crippen LogP contribution in [-0.2, 0) is 25.7 Å². The van der Waals surface area contributed by atoms with E-state index in [9.17, 15) is 42.6 Å². The maximum Gasteiger partial charge on any atom is 0.306 e. The lowest BCUT2D eigenvalue weighted by Crippen LogP contribution is -2.55. The van der Waals surface area contributed by atoms with Gasteiger partial charge >= 0.3 is 5.97 Å². The molecular weight excluding hydrogens is 960 g/mol. The summed E-state index contributed by atoms with van der Waals surface area (Å²) in [6.45, 7) is 4.57. The number of halogens is 3. The number of hydrogen-bond acceptors (Lipinski definition) is 8. The molecule has 2 amide bonds. The number of aromatic nitrogens is 1. The maximum absolute atomic E-state index is 14.7. The van der Waals surface area contributed by atoms with Crippen molar-refractivity contribution in [2.24, 2.45) is 5.92 Å². The van der Waals surface area contributed by atoms with Gasteiger partial charge in [-0.15, -0.1) is 0 Å². The minimum absolute atomic E-state index is 0.00646. The van der Waals surface area contributed by atoms with Crippen LogP contribution in [0, 0.1) is 17.6 Å². The van der Waals surface area contributed by atoms with E-state index in [1.807, 2.05) is 86.6 Å². The average molecular weight is 1030 g/mol. The summed E-state index contributed by atoms with van der Waals surface area (Å²) < 4.78 is 55.9. The van der Waals surface area contributed by atoms with Gasteiger partial charge in [-0.05, 0) is 135 Å². The van der Waals surface area contributed by atoms with Gasteiger partial charge in [0.1, 0.15) is 35.9 Å². The van der Waals surface area contributed by atoms with Crippen molar-refractivity contribution < 1.29 is 52.0 Å². The van der Waals surface area contributed by atoms with Crippen molar-refractivity contribution in [3.05, 3.63) is 173 Å². The third-order valence-electron chi connectivity index (χ3n) is 14.5. The van der Waals surface area contributed by atoms with Gasteiger partial charge in [0.05, 0.1) is 36.3 Å². The summed E-state index contributed by atoms with van der Waals surface area (Å²) >= 11 is 0. The molecule has 5 atom stereocenters. The molecule has 8 rings (SSSR count). The summed E-state index contributed by atoms with van der Waals surface area (Å²) in [5.41, 5.74) is 6.53. The molecular formula is C61H66F3N3O8. The molecule has 11 nitrogen and oxygen atoms in total. The normalized spacial score (nSPS) is 18.7. The number of aldehydes is 1. The summed E-state index contributed by atoms with van der Waals surface area (Å²) in [5, 5.41) is 25.5. The van der Waals surface area contributed by atoms with Crippen molar-refractivity contribution in [2.75, 3.05) is 16.8 Å². The molecule has 1 aromatic heterocycles. The first-order valence-electron chi connectivity index (χ1n) is 26.2. The van der Waals surface area contributed by atoms with Crippen LogP contribution in [-0.4, -0.2) is 63.8 Å². The molecule has 1 saturated carbocycles. The Labute approximate surface area is 436 Å². The molecule has 14 heteroatoms. The summed E-state index contributed by atoms with van der Waals surface area (Å²) in [4.78, 5) is 54.7. The molecule has 75 heavy (non-hydrogen) atoms. The highest BCUT2D eigenvalue weighted by molar-refractivity contribution is 6.10. The number of β-lactam (4-membered cyclic amide) rings is 1. The third-order valence-corrected chi connectivity index (χ3v) is 14.5. The SMILES string of the molecule is CC(C)c1c(C(=O)Nc2ccccc2)c(-c2ccccc2)c(C2CCC(F)CC2)n1CCC(O)CC(CC=O)OC(=O)CCCOc1ccc([C@@H]2C(CC[C@H](O)c3ccc(F)cc3)C(=O)N2c2ccc(F)cc2)cc1. The van der Waals surface area contributed by atoms with Crippen LogP contribution in [0.2, 0.25) is 0 Å². The van der Waals surface area contributed by atoms with Gasteiger partial charge in [0.15, 0.2) is 0 Å². The zero-order valence-electron chi connectivity index (χ0n) is 42.5. The molecule has 3 N–H and O–H groups in total. The summed E-state index contributed by atoms with van der Waals surface area (Å²) in [6, 6.07) is 37.2. The van der Waals surface area contributed by atoms with E-state index >= 15 is 0 Å². The van der Waals surface area contributed by atoms with Gasteiger partial charge in [-0.25, -0.2) is 13.2 Å². The molecule has 3 unspecified atom stereocenters. The monoisotopic (exact) mass is 1030 g/mol. The minimum atomic E-state index is -0.975. The summed E-state index contributed by atoms with van der Waals surface area (Å²) in [7, 11) is 0. The lowest BCUT2D eigenvalue weighted by Gasteiger charge is -2.48. The van der Waals surface area contributed by atoms with Crippen molar-refractivity contribution >= 4 is 35.4 Å². The molecule has 5 aromatic carbocycles. The second-order valence-corrected chi connectivity index (χ2v) is 20.1. The number of nitrogens with zero attached hydrogens (tertiary/aromatic N) is 2. The Morgan fingerprint density at radius 3 is 2.09 bits per heavy atom. The van der Waals surface area contributed by atoms with Gasteiger partial charge in [0, 0.05) is 60.1 Å². The third kappa shape index (κ3) is 13.5. The van der Waals surface area contributed by atoms with Crippen molar-refractivity contribution in [2.45, 2.75) is 133 Å². The van der Waals surface area contributed by atoms with Crippen LogP contribution < -0.4 is 15.0 Å². The Morgan fingerprint density at radius 2 is 1.45 bits per heavy atom. The van der Waals surface area contributed by atoms with Gasteiger partial charge in [0.25, 0.3) is 5.91 Å². The molecule has 6 aromatic rings. The van der Waals surface area contributed by atoms with Crippen molar-refractivity contribution in [1.29, 1.82) is 0 Å². The average Bonchev–Trinajstić information content (AvgIpc) is 3.76. The highest BCUT2D eigenvalue weighted by atomic mass is 19.1. The van der Waals surface area contributed by atoms with Crippen molar-refractivity contribution in [1.82, 2.24) is 4.57 Å². The zero-order chi connectivity index (χ0) is 53.0. The van der Waals surface area contributed by atoms with Crippen molar-refractivity contribution in [3.8, 4) is 16.9 Å². The van der Waals surface area contributed by atoms with Crippen molar-refractivity contribution in [3.63, 3.8) is 0 Å². The topological polar surface area (TPSA) is 147 Å². The van der Waals surface area contributed by atoms with Crippen LogP contribution in [0.15, 0.2) is 133 Å². The van der Waals surface area contributed by atoms with Gasteiger partial charge in [-0.2, -0.15) is 0 Å². The molecule has 2 heterocycles. The van der Waals surface area contributed by atoms with E-state index in [-0.39, 0.29) is 62.4 Å². The Bertz CT molecular complexity index is 2840. The second-order valence-electron chi connectivity index (χ2n) is 20.1. The molecule has 1 aliphatic heterocycles. The fourth-order valence-corrected chi connectivity index (χ4v) is 10.8. The number of carbonyl (C=O) groups is 4. The number of aliphatic hydroxyl groups excluding tert-OH is 2. The molecule has 0 bridgehead atoms. The van der Waals surface area contributed by atoms with Gasteiger partial charge < -0.3 is 39.3 Å². The van der Waals surface area contributed by atoms with Gasteiger partial charge in [-0.1, -0.05) is 86.6 Å². The predicted octanol–water partition coefficient (Wildman–Crippen LogP) is 12.5. The Kier molecular flexibility index (Phi) is 18.4. The summed E-state index contributed by atoms with van der Waals surface area (Å²) in [6.07, 6.45) is 0.139. The van der Waals surface area contributed by atoms with E-state index in [1.165, 1.54) is 36.4 Å². The molecule has 2 aliphatic rings. The molecule has 0 radical (unpaired) electrons. The number of carbonyl (C=O) groups excluding carboxylic acids is 4. The van der Waals surface area contributed by atoms with Crippen LogP contribution in [0.5, 0.6) is 5.75 Å². The number of nitrogens with one attached hydrogen (secondary N) is 1. The Balaban J connectivity index is 0.888. The number of rotatable bonds is 24. The lowest BCUT2D eigenvalue weighted by molar-refractivity contribution is -0.151. The number of hydrogen-bond donors (Lipinski definition) is 3. The number of amides is 2. The van der Waals surface area contributed by atoms with Gasteiger partial charge in [0.2, 0.25) is 5.91 Å². The number of esters is 1. The van der Waals surface area contributed by atoms with E-state index < -0.39 is 54.0 Å². The highest BCUT2D eigenvalue weighted by Gasteiger charge is 2.48. The highest BCUT2D eigenvalue weighted by Crippen LogP contribution is 2.48. The van der Waals surface area contributed by atoms with E-state index in [4.69, 9.17) is 9.47 Å². The first kappa shape index (κ1) is 54.2. The minimum Gasteiger partial charge on any atom is -0.494 e.